The predicted molar refractivity (Wildman–Crippen MR) is 62.3 cm³/mol. The molecule has 1 spiro atoms. The van der Waals surface area contributed by atoms with Gasteiger partial charge in [0.15, 0.2) is 5.79 Å². The van der Waals surface area contributed by atoms with Crippen molar-refractivity contribution in [2.75, 3.05) is 13.2 Å². The lowest BCUT2D eigenvalue weighted by atomic mass is 9.94. The zero-order valence-electron chi connectivity index (χ0n) is 10.0. The van der Waals surface area contributed by atoms with Gasteiger partial charge in [-0.3, -0.25) is 0 Å². The van der Waals surface area contributed by atoms with Gasteiger partial charge in [0, 0.05) is 18.9 Å². The molecule has 1 saturated carbocycles. The third-order valence-corrected chi connectivity index (χ3v) is 4.29. The van der Waals surface area contributed by atoms with Crippen molar-refractivity contribution in [1.82, 2.24) is 5.32 Å². The summed E-state index contributed by atoms with van der Waals surface area (Å²) in [7, 11) is 0. The van der Waals surface area contributed by atoms with Crippen molar-refractivity contribution < 1.29 is 9.47 Å². The van der Waals surface area contributed by atoms with Gasteiger partial charge in [-0.15, -0.1) is 0 Å². The molecule has 0 amide bonds. The number of hydrogen-bond donors (Lipinski definition) is 1. The van der Waals surface area contributed by atoms with E-state index in [4.69, 9.17) is 9.47 Å². The Hall–Kier alpha value is -0.120. The third kappa shape index (κ3) is 2.13. The van der Waals surface area contributed by atoms with Crippen LogP contribution in [0.4, 0.5) is 0 Å². The van der Waals surface area contributed by atoms with E-state index < -0.39 is 0 Å². The van der Waals surface area contributed by atoms with Crippen LogP contribution in [-0.4, -0.2) is 31.1 Å². The van der Waals surface area contributed by atoms with Crippen molar-refractivity contribution in [3.05, 3.63) is 0 Å². The average Bonchev–Trinajstić information content (AvgIpc) is 2.75. The SMILES string of the molecule is C1CCC2(CC1)OCC(C1CCCCN1)O2. The molecule has 92 valence electrons. The minimum Gasteiger partial charge on any atom is -0.347 e. The summed E-state index contributed by atoms with van der Waals surface area (Å²) in [4.78, 5) is 0. The van der Waals surface area contributed by atoms with Crippen molar-refractivity contribution in [1.29, 1.82) is 0 Å². The number of ether oxygens (including phenoxy) is 2. The monoisotopic (exact) mass is 225 g/mol. The normalized spacial score (nSPS) is 39.0. The Morgan fingerprint density at radius 2 is 1.88 bits per heavy atom. The van der Waals surface area contributed by atoms with Crippen LogP contribution in [-0.2, 0) is 9.47 Å². The second-order valence-electron chi connectivity index (χ2n) is 5.50. The standard InChI is InChI=1S/C13H23NO2/c1-3-7-13(8-4-1)15-10-12(16-13)11-6-2-5-9-14-11/h11-12,14H,1-10H2. The summed E-state index contributed by atoms with van der Waals surface area (Å²) >= 11 is 0. The van der Waals surface area contributed by atoms with Gasteiger partial charge in [0.05, 0.1) is 12.7 Å². The van der Waals surface area contributed by atoms with Gasteiger partial charge in [-0.05, 0) is 32.2 Å². The summed E-state index contributed by atoms with van der Waals surface area (Å²) in [5, 5.41) is 3.58. The maximum Gasteiger partial charge on any atom is 0.168 e. The minimum atomic E-state index is -0.192. The molecule has 3 nitrogen and oxygen atoms in total. The van der Waals surface area contributed by atoms with Crippen molar-refractivity contribution in [2.24, 2.45) is 0 Å². The van der Waals surface area contributed by atoms with Crippen molar-refractivity contribution in [2.45, 2.75) is 69.3 Å². The maximum absolute atomic E-state index is 6.24. The van der Waals surface area contributed by atoms with Crippen LogP contribution < -0.4 is 5.32 Å². The van der Waals surface area contributed by atoms with Gasteiger partial charge in [-0.2, -0.15) is 0 Å². The van der Waals surface area contributed by atoms with Crippen molar-refractivity contribution >= 4 is 0 Å². The quantitative estimate of drug-likeness (QED) is 0.742. The predicted octanol–water partition coefficient (Wildman–Crippen LogP) is 2.20. The molecular formula is C13H23NO2. The van der Waals surface area contributed by atoms with Crippen LogP contribution in [0.2, 0.25) is 0 Å². The topological polar surface area (TPSA) is 30.5 Å². The van der Waals surface area contributed by atoms with Gasteiger partial charge in [0.2, 0.25) is 0 Å². The lowest BCUT2D eigenvalue weighted by Crippen LogP contribution is -2.45. The number of hydrogen-bond acceptors (Lipinski definition) is 3. The van der Waals surface area contributed by atoms with Crippen LogP contribution in [0.3, 0.4) is 0 Å². The molecule has 3 heteroatoms. The van der Waals surface area contributed by atoms with E-state index in [0.717, 1.165) is 26.0 Å². The van der Waals surface area contributed by atoms with Crippen LogP contribution in [0.25, 0.3) is 0 Å². The Morgan fingerprint density at radius 1 is 1.00 bits per heavy atom. The molecule has 0 aromatic carbocycles. The molecule has 2 heterocycles. The van der Waals surface area contributed by atoms with Gasteiger partial charge in [0.25, 0.3) is 0 Å². The highest BCUT2D eigenvalue weighted by Crippen LogP contribution is 2.39. The first-order valence-electron chi connectivity index (χ1n) is 6.93. The molecule has 3 fully saturated rings. The molecule has 2 aliphatic heterocycles. The summed E-state index contributed by atoms with van der Waals surface area (Å²) < 4.78 is 12.2. The molecule has 0 aromatic rings. The summed E-state index contributed by atoms with van der Waals surface area (Å²) in [6.45, 7) is 1.95. The van der Waals surface area contributed by atoms with Crippen LogP contribution >= 0.6 is 0 Å². The van der Waals surface area contributed by atoms with Gasteiger partial charge in [-0.1, -0.05) is 12.8 Å². The lowest BCUT2D eigenvalue weighted by Gasteiger charge is -2.33. The van der Waals surface area contributed by atoms with Crippen LogP contribution in [0.5, 0.6) is 0 Å². The molecular weight excluding hydrogens is 202 g/mol. The van der Waals surface area contributed by atoms with E-state index in [1.165, 1.54) is 38.5 Å². The van der Waals surface area contributed by atoms with Gasteiger partial charge in [0.1, 0.15) is 0 Å². The fourth-order valence-corrected chi connectivity index (χ4v) is 3.32. The summed E-state index contributed by atoms with van der Waals surface area (Å²) in [6.07, 6.45) is 10.3. The Labute approximate surface area is 97.9 Å². The summed E-state index contributed by atoms with van der Waals surface area (Å²) in [5.74, 6) is -0.192. The van der Waals surface area contributed by atoms with Gasteiger partial charge >= 0.3 is 0 Å². The van der Waals surface area contributed by atoms with Crippen LogP contribution in [0, 0.1) is 0 Å². The summed E-state index contributed by atoms with van der Waals surface area (Å²) in [5.41, 5.74) is 0. The first-order valence-corrected chi connectivity index (χ1v) is 6.93. The zero-order chi connectivity index (χ0) is 10.8. The Kier molecular flexibility index (Phi) is 3.18. The highest BCUT2D eigenvalue weighted by atomic mass is 16.7. The second kappa shape index (κ2) is 4.63. The van der Waals surface area contributed by atoms with E-state index in [1.807, 2.05) is 0 Å². The minimum absolute atomic E-state index is 0.192. The molecule has 3 rings (SSSR count). The Bertz CT molecular complexity index is 232. The highest BCUT2D eigenvalue weighted by molar-refractivity contribution is 4.89. The second-order valence-corrected chi connectivity index (χ2v) is 5.50. The Morgan fingerprint density at radius 3 is 2.62 bits per heavy atom. The maximum atomic E-state index is 6.24. The zero-order valence-corrected chi connectivity index (χ0v) is 10.0. The molecule has 0 radical (unpaired) electrons. The molecule has 1 N–H and O–H groups in total. The van der Waals surface area contributed by atoms with Crippen molar-refractivity contribution in [3.63, 3.8) is 0 Å². The smallest absolute Gasteiger partial charge is 0.168 e. The fraction of sp³-hybridized carbons (Fsp3) is 1.00. The van der Waals surface area contributed by atoms with Crippen LogP contribution in [0.1, 0.15) is 51.4 Å². The number of nitrogens with one attached hydrogen (secondary N) is 1. The average molecular weight is 225 g/mol. The molecule has 0 bridgehead atoms. The lowest BCUT2D eigenvalue weighted by molar-refractivity contribution is -0.189. The van der Waals surface area contributed by atoms with Gasteiger partial charge < -0.3 is 14.8 Å². The molecule has 2 atom stereocenters. The summed E-state index contributed by atoms with van der Waals surface area (Å²) in [6, 6.07) is 0.537. The van der Waals surface area contributed by atoms with E-state index in [2.05, 4.69) is 5.32 Å². The molecule has 1 aliphatic carbocycles. The highest BCUT2D eigenvalue weighted by Gasteiger charge is 2.44. The van der Waals surface area contributed by atoms with E-state index in [9.17, 15) is 0 Å². The third-order valence-electron chi connectivity index (χ3n) is 4.29. The molecule has 2 saturated heterocycles. The van der Waals surface area contributed by atoms with E-state index >= 15 is 0 Å². The van der Waals surface area contributed by atoms with Crippen LogP contribution in [0.15, 0.2) is 0 Å². The fourth-order valence-electron chi connectivity index (χ4n) is 3.32. The van der Waals surface area contributed by atoms with E-state index in [-0.39, 0.29) is 5.79 Å². The van der Waals surface area contributed by atoms with Crippen molar-refractivity contribution in [3.8, 4) is 0 Å². The number of piperidine rings is 1. The van der Waals surface area contributed by atoms with E-state index in [1.54, 1.807) is 0 Å². The number of rotatable bonds is 1. The first kappa shape index (κ1) is 11.0. The molecule has 16 heavy (non-hydrogen) atoms. The Balaban J connectivity index is 1.58. The molecule has 3 aliphatic rings. The molecule has 0 aromatic heterocycles. The first-order chi connectivity index (χ1) is 7.88. The van der Waals surface area contributed by atoms with Gasteiger partial charge in [-0.25, -0.2) is 0 Å². The van der Waals surface area contributed by atoms with E-state index in [0.29, 0.717) is 12.1 Å². The largest absolute Gasteiger partial charge is 0.347 e. The molecule has 2 unspecified atom stereocenters.